The molecule has 532 valence electrons. The second kappa shape index (κ2) is 42.2. The predicted octanol–water partition coefficient (Wildman–Crippen LogP) is -9.82. The number of carboxylic acids is 1. The fourth-order valence-electron chi connectivity index (χ4n) is 8.45. The van der Waals surface area contributed by atoms with Gasteiger partial charge in [0, 0.05) is 24.5 Å². The number of aliphatic imine (C=N–C) groups is 1. The highest BCUT2D eigenvalue weighted by Gasteiger charge is 2.39. The number of hydrogen-bond acceptors (Lipinski definition) is 23. The minimum absolute atomic E-state index is 0.0103. The van der Waals surface area contributed by atoms with Crippen LogP contribution in [0.5, 0.6) is 0 Å². The van der Waals surface area contributed by atoms with E-state index >= 15 is 0 Å². The van der Waals surface area contributed by atoms with Crippen molar-refractivity contribution in [1.29, 1.82) is 0 Å². The number of carbonyl (C=O) groups is 15. The first-order valence-electron chi connectivity index (χ1n) is 30.0. The van der Waals surface area contributed by atoms with Gasteiger partial charge in [-0.25, -0.2) is 0 Å². The van der Waals surface area contributed by atoms with E-state index < -0.39 is 216 Å². The van der Waals surface area contributed by atoms with Gasteiger partial charge in [-0.3, -0.25) is 76.9 Å². The zero-order valence-electron chi connectivity index (χ0n) is 53.6. The molecule has 1 heterocycles. The number of carbonyl (C=O) groups excluding carboxylic acids is 14. The van der Waals surface area contributed by atoms with Crippen molar-refractivity contribution < 1.29 is 92.3 Å². The Labute approximate surface area is 550 Å². The van der Waals surface area contributed by atoms with Crippen LogP contribution in [0, 0.1) is 5.92 Å². The van der Waals surface area contributed by atoms with Gasteiger partial charge in [-0.1, -0.05) is 41.9 Å². The molecular weight excluding hydrogens is 1280 g/mol. The van der Waals surface area contributed by atoms with Crippen LogP contribution in [0.25, 0.3) is 0 Å². The Kier molecular flexibility index (Phi) is 37.6. The molecule has 94 heavy (non-hydrogen) atoms. The molecule has 1 fully saturated rings. The summed E-state index contributed by atoms with van der Waals surface area (Å²) in [5.74, 6) is -18.1. The summed E-state index contributed by atoms with van der Waals surface area (Å²) in [6, 6.07) is -21.3. The Morgan fingerprint density at radius 1 is 0.574 bits per heavy atom. The highest BCUT2D eigenvalue weighted by molar-refractivity contribution is 8.76. The zero-order chi connectivity index (χ0) is 71.9. The number of nitrogens with zero attached hydrogens (tertiary/aromatic N) is 1. The SMILES string of the molecule is CC(C)C[C@H](NC(=O)[C@H](CCCN=C(N)N)NC(=O)[C@H](CCC(N)=O)NC(=O)[C@@H](NC(=O)[C@H](C)NC(=O)C1CSSCC(NC(=O)[C@@H](N)CCCCN)C(=O)N[C@@H](CC(N)=O)C(=O)NC([C@@H](C)O)C(=O)N[C@@H](C)C(=O)NC([C@@H](C)O)C(=O)N1)[C@@H](C)O)C(=O)N[C@@H](C)C(=O)O. The first-order valence-corrected chi connectivity index (χ1v) is 32.5. The second-order valence-corrected chi connectivity index (χ2v) is 25.3. The molecule has 38 nitrogen and oxygen atoms in total. The summed E-state index contributed by atoms with van der Waals surface area (Å²) in [6.07, 6.45) is -6.28. The largest absolute Gasteiger partial charge is 0.480 e. The molecule has 0 aliphatic carbocycles. The lowest BCUT2D eigenvalue weighted by molar-refractivity contribution is -0.142. The number of unbranched alkanes of at least 4 members (excludes halogenated alkanes) is 1. The minimum atomic E-state index is -1.96. The lowest BCUT2D eigenvalue weighted by atomic mass is 10.0. The van der Waals surface area contributed by atoms with Gasteiger partial charge in [-0.05, 0) is 92.5 Å². The molecule has 4 unspecified atom stereocenters. The maximum Gasteiger partial charge on any atom is 0.325 e. The average Bonchev–Trinajstić information content (AvgIpc) is 0.888. The van der Waals surface area contributed by atoms with Gasteiger partial charge >= 0.3 is 5.97 Å². The summed E-state index contributed by atoms with van der Waals surface area (Å²) >= 11 is 0. The molecule has 14 amide bonds. The van der Waals surface area contributed by atoms with Gasteiger partial charge in [0.15, 0.2) is 5.96 Å². The zero-order valence-corrected chi connectivity index (χ0v) is 55.3. The van der Waals surface area contributed by atoms with Crippen LogP contribution >= 0.6 is 21.6 Å². The summed E-state index contributed by atoms with van der Waals surface area (Å²) in [5.41, 5.74) is 33.4. The van der Waals surface area contributed by atoms with Crippen LogP contribution in [0.15, 0.2) is 4.99 Å². The van der Waals surface area contributed by atoms with E-state index in [1.54, 1.807) is 13.8 Å². The summed E-state index contributed by atoms with van der Waals surface area (Å²) < 4.78 is 0. The van der Waals surface area contributed by atoms with Gasteiger partial charge in [-0.15, -0.1) is 0 Å². The van der Waals surface area contributed by atoms with E-state index in [4.69, 9.17) is 34.4 Å². The normalized spacial score (nSPS) is 21.7. The molecule has 1 aliphatic heterocycles. The van der Waals surface area contributed by atoms with E-state index in [0.717, 1.165) is 56.2 Å². The molecule has 0 spiro atoms. The number of rotatable bonds is 33. The molecule has 0 radical (unpaired) electrons. The van der Waals surface area contributed by atoms with Crippen molar-refractivity contribution >= 4 is 116 Å². The standard InChI is InChI=1S/C54H95N19O19S2/c1-22(2)18-32(46(84)64-25(5)53(91)92)67-44(82)30(13-11-17-61-54(59)60)65-45(83)31(14-15-36(57)77)66-51(89)39(27(7)75)71-41(79)23(3)62-48(86)34-20-93-94-21-35(69-43(81)29(56)12-9-10-16-55)49(87)68-33(19-37(58)78)47(85)73-38(26(6)74)50(88)63-24(4)42(80)72-40(28(8)76)52(90)70-34/h22-35,38-40,74-76H,9-21,55-56H2,1-8H3,(H2,57,77)(H2,58,78)(H,62,86)(H,63,88)(H,64,84)(H,65,83)(H,66,89)(H,67,82)(H,68,87)(H,69,81)(H,70,90)(H,71,79)(H,72,80)(H,73,85)(H,91,92)(H4,59,60,61)/t23-,24-,25-,26+,27+,28+,29-,30-,31-,32-,33-,34?,35?,38?,39-,40?/m0/s1. The van der Waals surface area contributed by atoms with Gasteiger partial charge in [0.1, 0.15) is 72.5 Å². The quantitative estimate of drug-likeness (QED) is 0.0126. The van der Waals surface area contributed by atoms with Gasteiger partial charge in [0.05, 0.1) is 30.8 Å². The molecule has 0 saturated carbocycles. The fourth-order valence-corrected chi connectivity index (χ4v) is 10.8. The van der Waals surface area contributed by atoms with Gasteiger partial charge in [0.25, 0.3) is 0 Å². The smallest absolute Gasteiger partial charge is 0.325 e. The van der Waals surface area contributed by atoms with Crippen molar-refractivity contribution in [1.82, 2.24) is 63.8 Å². The van der Waals surface area contributed by atoms with Gasteiger partial charge in [-0.2, -0.15) is 0 Å². The van der Waals surface area contributed by atoms with E-state index in [9.17, 15) is 92.3 Å². The molecule has 0 aromatic rings. The number of amides is 14. The molecule has 1 rings (SSSR count). The number of aliphatic hydroxyl groups is 3. The number of nitrogens with two attached hydrogens (primary N) is 6. The third kappa shape index (κ3) is 31.2. The topological polar surface area (TPSA) is 650 Å². The predicted molar refractivity (Wildman–Crippen MR) is 340 cm³/mol. The Morgan fingerprint density at radius 3 is 1.65 bits per heavy atom. The lowest BCUT2D eigenvalue weighted by Crippen LogP contribution is -2.63. The number of guanidine groups is 1. The van der Waals surface area contributed by atoms with Crippen molar-refractivity contribution in [2.75, 3.05) is 24.6 Å². The van der Waals surface area contributed by atoms with Crippen molar-refractivity contribution in [2.45, 2.75) is 210 Å². The molecule has 40 heteroatoms. The Hall–Kier alpha value is -8.18. The van der Waals surface area contributed by atoms with Crippen LogP contribution < -0.4 is 98.2 Å². The molecule has 0 aromatic carbocycles. The van der Waals surface area contributed by atoms with E-state index in [-0.39, 0.29) is 50.7 Å². The second-order valence-electron chi connectivity index (χ2n) is 22.8. The van der Waals surface area contributed by atoms with Gasteiger partial charge in [0.2, 0.25) is 82.7 Å². The molecular formula is C54H95N19O19S2. The van der Waals surface area contributed by atoms with E-state index in [2.05, 4.69) is 68.8 Å². The summed E-state index contributed by atoms with van der Waals surface area (Å²) in [6.45, 7) is 10.3. The van der Waals surface area contributed by atoms with Crippen molar-refractivity contribution in [2.24, 2.45) is 45.3 Å². The minimum Gasteiger partial charge on any atom is -0.480 e. The number of aliphatic hydroxyl groups excluding tert-OH is 3. The maximum absolute atomic E-state index is 14.3. The number of aliphatic carboxylic acids is 1. The van der Waals surface area contributed by atoms with Crippen LogP contribution in [0.1, 0.15) is 113 Å². The molecule has 1 aliphatic rings. The first kappa shape index (κ1) is 83.8. The summed E-state index contributed by atoms with van der Waals surface area (Å²) in [4.78, 5) is 205. The molecule has 0 aromatic heterocycles. The Bertz CT molecular complexity index is 2690. The highest BCUT2D eigenvalue weighted by Crippen LogP contribution is 2.24. The molecule has 28 N–H and O–H groups in total. The van der Waals surface area contributed by atoms with E-state index in [0.29, 0.717) is 12.8 Å². The van der Waals surface area contributed by atoms with Crippen LogP contribution in [0.2, 0.25) is 0 Å². The summed E-state index contributed by atoms with van der Waals surface area (Å²) in [5, 5.41) is 69.6. The third-order valence-electron chi connectivity index (χ3n) is 13.8. The van der Waals surface area contributed by atoms with E-state index in [1.165, 1.54) is 6.92 Å². The molecule has 0 bridgehead atoms. The van der Waals surface area contributed by atoms with Crippen LogP contribution in [-0.2, 0) is 71.9 Å². The van der Waals surface area contributed by atoms with Crippen LogP contribution in [0.3, 0.4) is 0 Å². The first-order chi connectivity index (χ1) is 43.8. The number of primary amides is 2. The monoisotopic (exact) mass is 1380 g/mol. The van der Waals surface area contributed by atoms with Crippen molar-refractivity contribution in [3.05, 3.63) is 0 Å². The lowest BCUT2D eigenvalue weighted by Gasteiger charge is -2.29. The van der Waals surface area contributed by atoms with Crippen molar-refractivity contribution in [3.8, 4) is 0 Å². The fraction of sp³-hybridized carbons (Fsp3) is 0.704. The highest BCUT2D eigenvalue weighted by atomic mass is 33.1. The van der Waals surface area contributed by atoms with E-state index in [1.807, 2.05) is 0 Å². The third-order valence-corrected chi connectivity index (χ3v) is 16.2. The number of carboxylic acid groups (broad SMARTS) is 1. The van der Waals surface area contributed by atoms with Gasteiger partial charge < -0.3 is 119 Å². The van der Waals surface area contributed by atoms with Crippen molar-refractivity contribution in [3.63, 3.8) is 0 Å². The average molecular weight is 1380 g/mol. The van der Waals surface area contributed by atoms with Crippen LogP contribution in [0.4, 0.5) is 0 Å². The number of hydrogen-bond donors (Lipinski definition) is 22. The maximum atomic E-state index is 14.3. The molecule has 1 saturated heterocycles. The summed E-state index contributed by atoms with van der Waals surface area (Å²) in [7, 11) is 1.57. The molecule has 16 atom stereocenters. The van der Waals surface area contributed by atoms with Crippen LogP contribution in [-0.4, -0.2) is 237 Å². The number of nitrogens with one attached hydrogen (secondary N) is 12. The Morgan fingerprint density at radius 2 is 1.12 bits per heavy atom. The Balaban J connectivity index is 3.76.